The van der Waals surface area contributed by atoms with Crippen LogP contribution in [0, 0.1) is 34.4 Å². The Kier molecular flexibility index (Phi) is 8.21. The second-order valence-electron chi connectivity index (χ2n) is 15.5. The van der Waals surface area contributed by atoms with Gasteiger partial charge in [-0.3, -0.25) is 14.4 Å². The lowest BCUT2D eigenvalue weighted by Crippen LogP contribution is -2.63. The van der Waals surface area contributed by atoms with Gasteiger partial charge in [-0.25, -0.2) is 9.18 Å². The number of nitrogens with one attached hydrogen (secondary N) is 1. The number of carboxylic acids is 1. The summed E-state index contributed by atoms with van der Waals surface area (Å²) >= 11 is 0. The van der Waals surface area contributed by atoms with E-state index in [2.05, 4.69) is 12.2 Å². The van der Waals surface area contributed by atoms with Gasteiger partial charge in [0.05, 0.1) is 17.3 Å². The van der Waals surface area contributed by atoms with Crippen molar-refractivity contribution in [2.24, 2.45) is 28.6 Å². The number of hydrogen-bond donors (Lipinski definition) is 5. The number of aromatic carboxylic acids is 1. The summed E-state index contributed by atoms with van der Waals surface area (Å²) in [5, 5.41) is 49.5. The van der Waals surface area contributed by atoms with Crippen LogP contribution in [-0.4, -0.2) is 86.5 Å². The van der Waals surface area contributed by atoms with Gasteiger partial charge in [-0.2, -0.15) is 0 Å². The van der Waals surface area contributed by atoms with Gasteiger partial charge in [0, 0.05) is 49.9 Å². The Morgan fingerprint density at radius 1 is 1.10 bits per heavy atom. The maximum Gasteiger partial charge on any atom is 0.342 e. The van der Waals surface area contributed by atoms with E-state index >= 15 is 4.39 Å². The number of aromatic nitrogens is 1. The highest BCUT2D eigenvalue weighted by Crippen LogP contribution is 2.68. The highest BCUT2D eigenvalue weighted by Gasteiger charge is 2.69. The van der Waals surface area contributed by atoms with E-state index in [0.29, 0.717) is 58.3 Å². The molecule has 2 aromatic rings. The number of aliphatic hydroxyl groups is 3. The minimum absolute atomic E-state index is 0.0230. The number of carbonyl (C=O) groups excluding carboxylic acids is 2. The fraction of sp³-hybridized carbons (Fsp3) is 0.622. The monoisotopic (exact) mass is 679 g/mol. The summed E-state index contributed by atoms with van der Waals surface area (Å²) in [5.41, 5.74) is -4.54. The standard InChI is InChI=1S/C37H46FN3O8/c1-4-41-25-17-26(40-13-11-39-12-14-40)24(38)16-22(25)31(44)28(34(47)48)30(41)32(45)33(46)37(49)10-8-23-21-6-5-19-15-20(42)7-9-35(19,2)29(21)27(43)18-36(23,37)3/h15-17,21,23,27,29,33,39,43,46,49H,4-14,18H2,1-3H3,(H,47,48)/t21-,23-,27-,29+,33?,35-,36-,37-/m0/s1. The molecule has 49 heavy (non-hydrogen) atoms. The Balaban J connectivity index is 1.30. The average molecular weight is 680 g/mol. The zero-order chi connectivity index (χ0) is 35.2. The van der Waals surface area contributed by atoms with Gasteiger partial charge in [-0.05, 0) is 86.8 Å². The molecule has 1 aliphatic heterocycles. The van der Waals surface area contributed by atoms with Crippen molar-refractivity contribution in [3.8, 4) is 0 Å². The van der Waals surface area contributed by atoms with Gasteiger partial charge in [0.1, 0.15) is 28.8 Å². The number of piperazine rings is 1. The number of halogens is 1. The molecule has 1 unspecified atom stereocenters. The average Bonchev–Trinajstić information content (AvgIpc) is 3.34. The van der Waals surface area contributed by atoms with E-state index in [1.54, 1.807) is 19.9 Å². The van der Waals surface area contributed by atoms with Crippen molar-refractivity contribution >= 4 is 34.1 Å². The minimum Gasteiger partial charge on any atom is -0.477 e. The second kappa shape index (κ2) is 11.8. The number of rotatable bonds is 6. The molecule has 11 nitrogen and oxygen atoms in total. The smallest absolute Gasteiger partial charge is 0.342 e. The third-order valence-corrected chi connectivity index (χ3v) is 13.4. The summed E-state index contributed by atoms with van der Waals surface area (Å²) in [6, 6.07) is 2.47. The van der Waals surface area contributed by atoms with Crippen molar-refractivity contribution in [3.05, 3.63) is 51.1 Å². The van der Waals surface area contributed by atoms with Crippen molar-refractivity contribution < 1.29 is 39.2 Å². The number of nitrogens with zero attached hydrogens (tertiary/aromatic N) is 2. The maximum atomic E-state index is 15.4. The van der Waals surface area contributed by atoms with Crippen LogP contribution in [0.2, 0.25) is 0 Å². The molecule has 264 valence electrons. The van der Waals surface area contributed by atoms with Gasteiger partial charge in [0.15, 0.2) is 5.78 Å². The van der Waals surface area contributed by atoms with Crippen molar-refractivity contribution in [3.63, 3.8) is 0 Å². The number of hydrogen-bond acceptors (Lipinski definition) is 9. The molecule has 5 N–H and O–H groups in total. The number of carbonyl (C=O) groups is 3. The highest BCUT2D eigenvalue weighted by molar-refractivity contribution is 6.09. The largest absolute Gasteiger partial charge is 0.477 e. The molecular formula is C37H46FN3O8. The van der Waals surface area contributed by atoms with Crippen molar-refractivity contribution in [1.82, 2.24) is 9.88 Å². The number of pyridine rings is 1. The molecule has 12 heteroatoms. The summed E-state index contributed by atoms with van der Waals surface area (Å²) in [7, 11) is 0. The number of benzene rings is 1. The third-order valence-electron chi connectivity index (χ3n) is 13.4. The molecule has 1 aromatic carbocycles. The zero-order valence-electron chi connectivity index (χ0n) is 28.3. The first-order valence-corrected chi connectivity index (χ1v) is 17.6. The van der Waals surface area contributed by atoms with E-state index in [1.807, 2.05) is 4.90 Å². The predicted molar refractivity (Wildman–Crippen MR) is 179 cm³/mol. The minimum atomic E-state index is -2.10. The first-order valence-electron chi connectivity index (χ1n) is 17.6. The molecule has 2 heterocycles. The number of Topliss-reactive ketones (excluding diaryl/α,β-unsaturated/α-hetero) is 1. The summed E-state index contributed by atoms with van der Waals surface area (Å²) < 4.78 is 16.8. The normalized spacial score (nSPS) is 35.0. The van der Waals surface area contributed by atoms with Crippen LogP contribution < -0.4 is 15.6 Å². The van der Waals surface area contributed by atoms with Gasteiger partial charge < -0.3 is 35.2 Å². The molecule has 0 amide bonds. The molecule has 0 radical (unpaired) electrons. The van der Waals surface area contributed by atoms with Crippen LogP contribution in [0.4, 0.5) is 10.1 Å². The Morgan fingerprint density at radius 3 is 2.49 bits per heavy atom. The van der Waals surface area contributed by atoms with Crippen LogP contribution in [0.5, 0.6) is 0 Å². The number of aryl methyl sites for hydroxylation is 1. The van der Waals surface area contributed by atoms with E-state index in [0.717, 1.165) is 11.6 Å². The van der Waals surface area contributed by atoms with Crippen LogP contribution in [-0.2, 0) is 11.3 Å². The first kappa shape index (κ1) is 34.0. The molecule has 0 bridgehead atoms. The Labute approximate surface area is 283 Å². The topological polar surface area (TPSA) is 169 Å². The molecule has 4 fully saturated rings. The van der Waals surface area contributed by atoms with Gasteiger partial charge >= 0.3 is 5.97 Å². The summed E-state index contributed by atoms with van der Waals surface area (Å²) in [6.45, 7) is 7.86. The maximum absolute atomic E-state index is 15.4. The van der Waals surface area contributed by atoms with Gasteiger partial charge in [0.2, 0.25) is 11.2 Å². The number of aliphatic hydroxyl groups excluding tert-OH is 2. The zero-order valence-corrected chi connectivity index (χ0v) is 28.3. The number of anilines is 1. The fourth-order valence-corrected chi connectivity index (χ4v) is 10.9. The summed E-state index contributed by atoms with van der Waals surface area (Å²) in [5.74, 6) is -3.71. The van der Waals surface area contributed by atoms with Crippen LogP contribution in [0.1, 0.15) is 86.6 Å². The first-order chi connectivity index (χ1) is 23.2. The lowest BCUT2D eigenvalue weighted by molar-refractivity contribution is -0.193. The van der Waals surface area contributed by atoms with Crippen LogP contribution in [0.25, 0.3) is 10.9 Å². The quantitative estimate of drug-likeness (QED) is 0.286. The van der Waals surface area contributed by atoms with E-state index in [4.69, 9.17) is 0 Å². The van der Waals surface area contributed by atoms with Gasteiger partial charge in [-0.1, -0.05) is 19.4 Å². The molecule has 8 atom stereocenters. The van der Waals surface area contributed by atoms with Gasteiger partial charge in [0.25, 0.3) is 0 Å². The van der Waals surface area contributed by atoms with Crippen LogP contribution >= 0.6 is 0 Å². The van der Waals surface area contributed by atoms with E-state index < -0.39 is 57.5 Å². The lowest BCUT2D eigenvalue weighted by Gasteiger charge is -2.61. The number of fused-ring (bicyclic) bond motifs is 6. The summed E-state index contributed by atoms with van der Waals surface area (Å²) in [6.07, 6.45) is 1.84. The molecule has 1 aromatic heterocycles. The SMILES string of the molecule is CCn1c(C(=O)C(O)[C@@]2(O)CC[C@H]3[C@@H]4CCC5=CC(=O)CC[C@]5(C)[C@H]4[C@@H](O)C[C@@]32C)c(C(=O)O)c(=O)c2cc(F)c(N3CCNCC3)cc21. The van der Waals surface area contributed by atoms with Crippen LogP contribution in [0.15, 0.2) is 28.6 Å². The van der Waals surface area contributed by atoms with Crippen molar-refractivity contribution in [2.75, 3.05) is 31.1 Å². The molecule has 5 aliphatic rings. The predicted octanol–water partition coefficient (Wildman–Crippen LogP) is 3.05. The Hall–Kier alpha value is -3.45. The molecule has 1 saturated heterocycles. The molecule has 7 rings (SSSR count). The molecule has 4 aliphatic carbocycles. The van der Waals surface area contributed by atoms with Crippen LogP contribution in [0.3, 0.4) is 0 Å². The summed E-state index contributed by atoms with van der Waals surface area (Å²) in [4.78, 5) is 55.0. The Morgan fingerprint density at radius 2 is 1.82 bits per heavy atom. The molecule has 0 spiro atoms. The van der Waals surface area contributed by atoms with E-state index in [9.17, 15) is 39.6 Å². The number of allylic oxidation sites excluding steroid dienone is 1. The fourth-order valence-electron chi connectivity index (χ4n) is 10.9. The van der Waals surface area contributed by atoms with E-state index in [-0.39, 0.29) is 64.9 Å². The van der Waals surface area contributed by atoms with Gasteiger partial charge in [-0.15, -0.1) is 0 Å². The Bertz CT molecular complexity index is 1850. The molecular weight excluding hydrogens is 633 g/mol. The third kappa shape index (κ3) is 4.81. The highest BCUT2D eigenvalue weighted by atomic mass is 19.1. The second-order valence-corrected chi connectivity index (χ2v) is 15.5. The number of ketones is 2. The lowest BCUT2D eigenvalue weighted by atomic mass is 9.45. The number of carboxylic acid groups (broad SMARTS) is 1. The van der Waals surface area contributed by atoms with Crippen molar-refractivity contribution in [1.29, 1.82) is 0 Å². The molecule has 3 saturated carbocycles. The van der Waals surface area contributed by atoms with Crippen molar-refractivity contribution in [2.45, 2.75) is 90.1 Å². The van der Waals surface area contributed by atoms with E-state index in [1.165, 1.54) is 10.6 Å².